The van der Waals surface area contributed by atoms with Gasteiger partial charge in [-0.05, 0) is 37.8 Å². The summed E-state index contributed by atoms with van der Waals surface area (Å²) in [5, 5.41) is 14.8. The fourth-order valence-corrected chi connectivity index (χ4v) is 2.47. The van der Waals surface area contributed by atoms with Gasteiger partial charge in [0.05, 0.1) is 10.6 Å². The molecule has 1 aromatic heterocycles. The molecule has 1 fully saturated rings. The van der Waals surface area contributed by atoms with Crippen molar-refractivity contribution in [1.82, 2.24) is 5.16 Å². The van der Waals surface area contributed by atoms with Gasteiger partial charge in [0.25, 0.3) is 11.6 Å². The van der Waals surface area contributed by atoms with Crippen LogP contribution in [0.3, 0.4) is 0 Å². The minimum atomic E-state index is -0.564. The van der Waals surface area contributed by atoms with Gasteiger partial charge in [-0.2, -0.15) is 0 Å². The first-order valence-corrected chi connectivity index (χ1v) is 7.52. The van der Waals surface area contributed by atoms with Gasteiger partial charge in [-0.3, -0.25) is 14.9 Å². The Balaban J connectivity index is 1.97. The van der Waals surface area contributed by atoms with Crippen molar-refractivity contribution in [3.05, 3.63) is 50.9 Å². The van der Waals surface area contributed by atoms with E-state index in [4.69, 9.17) is 16.1 Å². The number of nitro benzene ring substituents is 1. The minimum Gasteiger partial charge on any atom is -0.361 e. The van der Waals surface area contributed by atoms with Crippen LogP contribution in [0.25, 0.3) is 0 Å². The third-order valence-electron chi connectivity index (χ3n) is 3.67. The highest BCUT2D eigenvalue weighted by Gasteiger charge is 2.30. The van der Waals surface area contributed by atoms with Gasteiger partial charge in [0.1, 0.15) is 10.8 Å². The van der Waals surface area contributed by atoms with Gasteiger partial charge in [0.15, 0.2) is 5.69 Å². The minimum absolute atomic E-state index is 0.0369. The van der Waals surface area contributed by atoms with E-state index >= 15 is 0 Å². The van der Waals surface area contributed by atoms with Crippen molar-refractivity contribution in [1.29, 1.82) is 0 Å². The summed E-state index contributed by atoms with van der Waals surface area (Å²) >= 11 is 5.84. The number of aryl methyl sites for hydroxylation is 1. The zero-order valence-corrected chi connectivity index (χ0v) is 13.1. The van der Waals surface area contributed by atoms with Crippen molar-refractivity contribution in [3.8, 4) is 0 Å². The first-order valence-electron chi connectivity index (χ1n) is 7.15. The molecule has 1 amide bonds. The summed E-state index contributed by atoms with van der Waals surface area (Å²) in [6, 6.07) is 5.89. The van der Waals surface area contributed by atoms with Gasteiger partial charge in [-0.15, -0.1) is 0 Å². The van der Waals surface area contributed by atoms with Gasteiger partial charge in [0, 0.05) is 18.7 Å². The Labute approximate surface area is 137 Å². The number of nitrogens with zero attached hydrogens (tertiary/aromatic N) is 3. The van der Waals surface area contributed by atoms with Crippen LogP contribution in [0.15, 0.2) is 28.8 Å². The molecule has 0 spiro atoms. The molecular weight excluding hydrogens is 322 g/mol. The van der Waals surface area contributed by atoms with Crippen LogP contribution in [0.5, 0.6) is 0 Å². The van der Waals surface area contributed by atoms with Crippen LogP contribution in [0.1, 0.15) is 29.1 Å². The van der Waals surface area contributed by atoms with E-state index in [1.54, 1.807) is 19.1 Å². The number of anilines is 1. The van der Waals surface area contributed by atoms with E-state index in [1.807, 2.05) is 0 Å². The second kappa shape index (κ2) is 6.00. The van der Waals surface area contributed by atoms with E-state index in [-0.39, 0.29) is 22.3 Å². The smallest absolute Gasteiger partial charge is 0.289 e. The highest BCUT2D eigenvalue weighted by atomic mass is 35.5. The summed E-state index contributed by atoms with van der Waals surface area (Å²) in [4.78, 5) is 24.7. The van der Waals surface area contributed by atoms with E-state index < -0.39 is 4.92 Å². The second-order valence-electron chi connectivity index (χ2n) is 5.57. The summed E-state index contributed by atoms with van der Waals surface area (Å²) in [7, 11) is 0. The molecule has 0 radical (unpaired) electrons. The quantitative estimate of drug-likeness (QED) is 0.615. The lowest BCUT2D eigenvalue weighted by molar-refractivity contribution is -0.384. The van der Waals surface area contributed by atoms with Gasteiger partial charge < -0.3 is 9.42 Å². The molecule has 1 aliphatic rings. The lowest BCUT2D eigenvalue weighted by Gasteiger charge is -2.21. The van der Waals surface area contributed by atoms with Crippen LogP contribution in [0.4, 0.5) is 11.4 Å². The van der Waals surface area contributed by atoms with Crippen molar-refractivity contribution in [2.45, 2.75) is 19.8 Å². The van der Waals surface area contributed by atoms with E-state index in [0.29, 0.717) is 23.9 Å². The van der Waals surface area contributed by atoms with E-state index in [0.717, 1.165) is 12.8 Å². The standard InChI is InChI=1S/C15H14ClN3O4/c1-9-6-13(17-23-9)15(20)18(8-10-2-3-10)11-4-5-12(16)14(7-11)19(21)22/h4-7,10H,2-3,8H2,1H3. The number of rotatable bonds is 5. The molecule has 0 unspecified atom stereocenters. The molecule has 3 rings (SSSR count). The van der Waals surface area contributed by atoms with Crippen molar-refractivity contribution in [3.63, 3.8) is 0 Å². The normalized spacial score (nSPS) is 13.8. The second-order valence-corrected chi connectivity index (χ2v) is 5.98. The predicted molar refractivity (Wildman–Crippen MR) is 83.7 cm³/mol. The van der Waals surface area contributed by atoms with Crippen molar-refractivity contribution < 1.29 is 14.2 Å². The molecule has 1 aliphatic carbocycles. The van der Waals surface area contributed by atoms with Crippen LogP contribution in [0, 0.1) is 23.0 Å². The first kappa shape index (κ1) is 15.5. The number of amides is 1. The molecule has 23 heavy (non-hydrogen) atoms. The number of nitro groups is 1. The van der Waals surface area contributed by atoms with Gasteiger partial charge >= 0.3 is 0 Å². The maximum Gasteiger partial charge on any atom is 0.289 e. The van der Waals surface area contributed by atoms with E-state index in [9.17, 15) is 14.9 Å². The van der Waals surface area contributed by atoms with E-state index in [1.165, 1.54) is 17.0 Å². The van der Waals surface area contributed by atoms with Crippen LogP contribution in [0.2, 0.25) is 5.02 Å². The highest BCUT2D eigenvalue weighted by Crippen LogP contribution is 2.34. The van der Waals surface area contributed by atoms with Gasteiger partial charge in [-0.25, -0.2) is 0 Å². The van der Waals surface area contributed by atoms with Gasteiger partial charge in [0.2, 0.25) is 0 Å². The Hall–Kier alpha value is -2.41. The SMILES string of the molecule is Cc1cc(C(=O)N(CC2CC2)c2ccc(Cl)c([N+](=O)[O-])c2)no1. The van der Waals surface area contributed by atoms with Crippen LogP contribution in [-0.4, -0.2) is 22.5 Å². The number of halogens is 1. The molecular formula is C15H14ClN3O4. The topological polar surface area (TPSA) is 89.5 Å². The number of carbonyl (C=O) groups is 1. The summed E-state index contributed by atoms with van der Waals surface area (Å²) in [6.45, 7) is 2.19. The van der Waals surface area contributed by atoms with Crippen LogP contribution < -0.4 is 4.90 Å². The molecule has 0 aliphatic heterocycles. The molecule has 2 aromatic rings. The highest BCUT2D eigenvalue weighted by molar-refractivity contribution is 6.32. The monoisotopic (exact) mass is 335 g/mol. The lowest BCUT2D eigenvalue weighted by Crippen LogP contribution is -2.33. The van der Waals surface area contributed by atoms with Crippen molar-refractivity contribution in [2.75, 3.05) is 11.4 Å². The molecule has 8 heteroatoms. The molecule has 1 heterocycles. The van der Waals surface area contributed by atoms with Crippen LogP contribution >= 0.6 is 11.6 Å². The Kier molecular flexibility index (Phi) is 4.04. The molecule has 120 valence electrons. The van der Waals surface area contributed by atoms with Gasteiger partial charge in [-0.1, -0.05) is 16.8 Å². The first-order chi connectivity index (χ1) is 11.0. The fraction of sp³-hybridized carbons (Fsp3) is 0.333. The number of aromatic nitrogens is 1. The third-order valence-corrected chi connectivity index (χ3v) is 3.99. The van der Waals surface area contributed by atoms with Crippen molar-refractivity contribution in [2.24, 2.45) is 5.92 Å². The molecule has 0 bridgehead atoms. The maximum atomic E-state index is 12.7. The Morgan fingerprint density at radius 3 is 2.78 bits per heavy atom. The maximum absolute atomic E-state index is 12.7. The Morgan fingerprint density at radius 1 is 1.48 bits per heavy atom. The lowest BCUT2D eigenvalue weighted by atomic mass is 10.2. The molecule has 1 saturated carbocycles. The third kappa shape index (κ3) is 3.34. The Bertz CT molecular complexity index is 770. The average Bonchev–Trinajstić information content (AvgIpc) is 3.23. The largest absolute Gasteiger partial charge is 0.361 e. The number of hydrogen-bond donors (Lipinski definition) is 0. The zero-order chi connectivity index (χ0) is 16.6. The fourth-order valence-electron chi connectivity index (χ4n) is 2.28. The van der Waals surface area contributed by atoms with Crippen molar-refractivity contribution >= 4 is 28.9 Å². The summed E-state index contributed by atoms with van der Waals surface area (Å²) in [6.07, 6.45) is 2.08. The number of hydrogen-bond acceptors (Lipinski definition) is 5. The number of carbonyl (C=O) groups excluding carboxylic acids is 1. The summed E-state index contributed by atoms with van der Waals surface area (Å²) in [5.74, 6) is 0.592. The Morgan fingerprint density at radius 2 is 2.22 bits per heavy atom. The molecule has 0 N–H and O–H groups in total. The predicted octanol–water partition coefficient (Wildman–Crippen LogP) is 3.60. The van der Waals surface area contributed by atoms with Crippen LogP contribution in [-0.2, 0) is 0 Å². The molecule has 0 atom stereocenters. The molecule has 7 nitrogen and oxygen atoms in total. The number of benzene rings is 1. The molecule has 0 saturated heterocycles. The summed E-state index contributed by atoms with van der Waals surface area (Å²) in [5.41, 5.74) is 0.383. The van der Waals surface area contributed by atoms with E-state index in [2.05, 4.69) is 5.16 Å². The summed E-state index contributed by atoms with van der Waals surface area (Å²) < 4.78 is 4.95. The molecule has 1 aromatic carbocycles. The zero-order valence-electron chi connectivity index (χ0n) is 12.4. The average molecular weight is 336 g/mol.